The van der Waals surface area contributed by atoms with Crippen molar-refractivity contribution in [2.75, 3.05) is 6.61 Å². The van der Waals surface area contributed by atoms with E-state index in [-0.39, 0.29) is 17.2 Å². The van der Waals surface area contributed by atoms with Crippen LogP contribution in [0.25, 0.3) is 90.9 Å². The van der Waals surface area contributed by atoms with Crippen molar-refractivity contribution < 1.29 is 20.1 Å². The van der Waals surface area contributed by atoms with Crippen LogP contribution in [0.3, 0.4) is 0 Å². The summed E-state index contributed by atoms with van der Waals surface area (Å²) in [6, 6.07) is 38.0. The molecular formula is C56H54N4O4. The number of H-pyrrole nitrogens is 2. The molecule has 64 heavy (non-hydrogen) atoms. The summed E-state index contributed by atoms with van der Waals surface area (Å²) in [7, 11) is 0. The van der Waals surface area contributed by atoms with E-state index in [0.717, 1.165) is 96.6 Å². The number of fused-ring (bicyclic) bond motifs is 8. The highest BCUT2D eigenvalue weighted by atomic mass is 16.5. The number of nitrogens with zero attached hydrogens (tertiary/aromatic N) is 2. The van der Waals surface area contributed by atoms with Crippen molar-refractivity contribution in [1.82, 2.24) is 19.9 Å². The van der Waals surface area contributed by atoms with E-state index in [2.05, 4.69) is 41.2 Å². The monoisotopic (exact) mass is 846 g/mol. The lowest BCUT2D eigenvalue weighted by Gasteiger charge is -2.10. The summed E-state index contributed by atoms with van der Waals surface area (Å²) in [5.41, 5.74) is 12.7. The zero-order chi connectivity index (χ0) is 43.8. The van der Waals surface area contributed by atoms with Crippen molar-refractivity contribution in [2.45, 2.75) is 71.1 Å². The first-order valence-electron chi connectivity index (χ1n) is 22.7. The number of unbranched alkanes of at least 4 members (excludes halogenated alkanes) is 9. The van der Waals surface area contributed by atoms with Gasteiger partial charge < -0.3 is 30.0 Å². The Hall–Kier alpha value is -7.32. The van der Waals surface area contributed by atoms with E-state index < -0.39 is 0 Å². The highest BCUT2D eigenvalue weighted by molar-refractivity contribution is 6.00. The number of aromatic hydroxyl groups is 3. The van der Waals surface area contributed by atoms with Crippen LogP contribution < -0.4 is 4.74 Å². The maximum absolute atomic E-state index is 10.7. The van der Waals surface area contributed by atoms with Crippen LogP contribution in [0.2, 0.25) is 0 Å². The number of hydrogen-bond donors (Lipinski definition) is 5. The Morgan fingerprint density at radius 3 is 1.12 bits per heavy atom. The van der Waals surface area contributed by atoms with Gasteiger partial charge in [0.05, 0.1) is 29.4 Å². The molecule has 5 N–H and O–H groups in total. The molecule has 0 spiro atoms. The number of aromatic amines is 2. The topological polar surface area (TPSA) is 127 Å². The largest absolute Gasteiger partial charge is 0.508 e. The smallest absolute Gasteiger partial charge is 0.119 e. The molecule has 7 aromatic rings. The average molecular weight is 847 g/mol. The van der Waals surface area contributed by atoms with Crippen LogP contribution in [-0.4, -0.2) is 41.9 Å². The van der Waals surface area contributed by atoms with Gasteiger partial charge in [-0.25, -0.2) is 9.97 Å². The maximum atomic E-state index is 10.7. The fraction of sp³-hybridized carbons (Fsp3) is 0.214. The van der Waals surface area contributed by atoms with E-state index in [1.165, 1.54) is 51.4 Å². The lowest BCUT2D eigenvalue weighted by Crippen LogP contribution is -1.97. The molecule has 5 heterocycles. The summed E-state index contributed by atoms with van der Waals surface area (Å²) in [6.45, 7) is 2.92. The molecule has 3 aromatic heterocycles. The number of phenolic OH excluding ortho intramolecular Hbond substituents is 3. The highest BCUT2D eigenvalue weighted by Crippen LogP contribution is 2.40. The molecule has 0 aliphatic carbocycles. The van der Waals surface area contributed by atoms with Gasteiger partial charge in [0.1, 0.15) is 23.0 Å². The van der Waals surface area contributed by atoms with Crippen LogP contribution in [0.4, 0.5) is 0 Å². The van der Waals surface area contributed by atoms with Gasteiger partial charge in [-0.3, -0.25) is 0 Å². The number of phenols is 3. The van der Waals surface area contributed by atoms with E-state index in [1.807, 2.05) is 85.0 Å². The number of aromatic nitrogens is 4. The van der Waals surface area contributed by atoms with Crippen molar-refractivity contribution >= 4 is 46.4 Å². The number of hydrogen-bond acceptors (Lipinski definition) is 6. The summed E-state index contributed by atoms with van der Waals surface area (Å²) < 4.78 is 6.40. The minimum absolute atomic E-state index is 0.139. The SMILES string of the molecule is CCCCCCCCCCCCOc1cccc(-c2c3nc(c(-c4cccc(O)c4)c4ccc([nH]4)c(-c4cccc(O)c4)c4nc(c(-c5cccc(O)c5)c5ccc2[nH]5)C=C4)C=C3)c1. The molecule has 8 bridgehead atoms. The third-order valence-corrected chi connectivity index (χ3v) is 12.0. The Morgan fingerprint density at radius 1 is 0.406 bits per heavy atom. The number of ether oxygens (including phenoxy) is 1. The Bertz CT molecular complexity index is 2990. The molecule has 2 aliphatic rings. The van der Waals surface area contributed by atoms with Crippen LogP contribution in [-0.2, 0) is 0 Å². The third kappa shape index (κ3) is 9.37. The molecule has 0 fully saturated rings. The van der Waals surface area contributed by atoms with Crippen LogP contribution in [0.15, 0.2) is 121 Å². The molecule has 0 atom stereocenters. The van der Waals surface area contributed by atoms with Crippen LogP contribution in [0.1, 0.15) is 93.9 Å². The molecule has 322 valence electrons. The summed E-state index contributed by atoms with van der Waals surface area (Å²) >= 11 is 0. The van der Waals surface area contributed by atoms with Crippen molar-refractivity contribution in [1.29, 1.82) is 0 Å². The van der Waals surface area contributed by atoms with E-state index in [4.69, 9.17) is 14.7 Å². The standard InChI is InChI=1S/C56H54N4O4/c1-2-3-4-5-6-7-8-9-10-11-32-64-44-23-15-19-40(36-44)56-51-30-28-49(59-51)54(38-17-13-21-42(62)34-38)47-26-24-45(57-47)53(37-16-12-20-41(61)33-37)46-25-27-48(58-46)55(50-29-31-52(56)60-50)39-18-14-22-43(63)35-39/h12-31,33-36,57,60-63H,2-11,32H2,1H3. The lowest BCUT2D eigenvalue weighted by molar-refractivity contribution is 0.304. The van der Waals surface area contributed by atoms with Gasteiger partial charge in [-0.2, -0.15) is 0 Å². The minimum Gasteiger partial charge on any atom is -0.508 e. The van der Waals surface area contributed by atoms with Crippen molar-refractivity contribution in [3.63, 3.8) is 0 Å². The van der Waals surface area contributed by atoms with Gasteiger partial charge in [0.15, 0.2) is 0 Å². The summed E-state index contributed by atoms with van der Waals surface area (Å²) in [5.74, 6) is 1.24. The van der Waals surface area contributed by atoms with Gasteiger partial charge in [-0.15, -0.1) is 0 Å². The molecule has 0 radical (unpaired) electrons. The molecule has 0 amide bonds. The Kier molecular flexibility index (Phi) is 12.7. The highest BCUT2D eigenvalue weighted by Gasteiger charge is 2.20. The molecule has 0 saturated heterocycles. The second kappa shape index (κ2) is 19.4. The zero-order valence-corrected chi connectivity index (χ0v) is 36.3. The van der Waals surface area contributed by atoms with Gasteiger partial charge in [0.2, 0.25) is 0 Å². The number of benzene rings is 4. The molecule has 8 nitrogen and oxygen atoms in total. The second-order valence-corrected chi connectivity index (χ2v) is 16.7. The first-order chi connectivity index (χ1) is 31.4. The molecule has 0 unspecified atom stereocenters. The number of nitrogens with one attached hydrogen (secondary N) is 2. The van der Waals surface area contributed by atoms with Crippen molar-refractivity contribution in [2.24, 2.45) is 0 Å². The molecular weight excluding hydrogens is 793 g/mol. The normalized spacial score (nSPS) is 12.0. The Labute approximate surface area is 374 Å². The fourth-order valence-corrected chi connectivity index (χ4v) is 8.93. The van der Waals surface area contributed by atoms with Crippen molar-refractivity contribution in [3.8, 4) is 67.5 Å². The van der Waals surface area contributed by atoms with E-state index in [9.17, 15) is 15.3 Å². The molecule has 4 aromatic carbocycles. The predicted octanol–water partition coefficient (Wildman–Crippen LogP) is 14.7. The lowest BCUT2D eigenvalue weighted by atomic mass is 10.0. The average Bonchev–Trinajstić information content (AvgIpc) is 4.14. The Balaban J connectivity index is 1.21. The third-order valence-electron chi connectivity index (χ3n) is 12.0. The summed E-state index contributed by atoms with van der Waals surface area (Å²) in [4.78, 5) is 18.1. The fourth-order valence-electron chi connectivity index (χ4n) is 8.93. The molecule has 8 heteroatoms. The van der Waals surface area contributed by atoms with Gasteiger partial charge >= 0.3 is 0 Å². The second-order valence-electron chi connectivity index (χ2n) is 16.7. The van der Waals surface area contributed by atoms with E-state index >= 15 is 0 Å². The number of rotatable bonds is 16. The zero-order valence-electron chi connectivity index (χ0n) is 36.3. The maximum Gasteiger partial charge on any atom is 0.119 e. The predicted molar refractivity (Wildman–Crippen MR) is 263 cm³/mol. The Morgan fingerprint density at radius 2 is 0.750 bits per heavy atom. The molecule has 2 aliphatic heterocycles. The summed E-state index contributed by atoms with van der Waals surface area (Å²) in [6.07, 6.45) is 20.8. The van der Waals surface area contributed by atoms with Crippen LogP contribution in [0.5, 0.6) is 23.0 Å². The first-order valence-corrected chi connectivity index (χ1v) is 22.7. The quantitative estimate of drug-likeness (QED) is 0.0616. The van der Waals surface area contributed by atoms with E-state index in [1.54, 1.807) is 36.4 Å². The minimum atomic E-state index is 0.139. The molecule has 9 rings (SSSR count). The van der Waals surface area contributed by atoms with Crippen molar-refractivity contribution in [3.05, 3.63) is 144 Å². The van der Waals surface area contributed by atoms with Gasteiger partial charge in [-0.05, 0) is 126 Å². The van der Waals surface area contributed by atoms with Gasteiger partial charge in [-0.1, -0.05) is 113 Å². The van der Waals surface area contributed by atoms with Gasteiger partial charge in [0.25, 0.3) is 0 Å². The van der Waals surface area contributed by atoms with Crippen LogP contribution >= 0.6 is 0 Å². The van der Waals surface area contributed by atoms with E-state index in [0.29, 0.717) is 18.0 Å². The van der Waals surface area contributed by atoms with Gasteiger partial charge in [0, 0.05) is 44.3 Å². The summed E-state index contributed by atoms with van der Waals surface area (Å²) in [5, 5.41) is 32.1. The van der Waals surface area contributed by atoms with Crippen LogP contribution in [0, 0.1) is 0 Å². The molecule has 0 saturated carbocycles. The first kappa shape index (κ1) is 42.0.